The Balaban J connectivity index is 1.57. The molecule has 5 rings (SSSR count). The summed E-state index contributed by atoms with van der Waals surface area (Å²) in [6.07, 6.45) is 0.202. The molecule has 4 aromatic rings. The Labute approximate surface area is 281 Å². The predicted octanol–water partition coefficient (Wildman–Crippen LogP) is 5.51. The van der Waals surface area contributed by atoms with Crippen molar-refractivity contribution in [3.63, 3.8) is 0 Å². The molecule has 0 saturated heterocycles. The molecular weight excluding hydrogens is 633 g/mol. The van der Waals surface area contributed by atoms with E-state index in [1.807, 2.05) is 75.4 Å². The van der Waals surface area contributed by atoms with E-state index in [9.17, 15) is 22.4 Å². The lowest BCUT2D eigenvalue weighted by Gasteiger charge is -2.34. The number of carbonyl (C=O) groups excluding carboxylic acids is 2. The summed E-state index contributed by atoms with van der Waals surface area (Å²) in [7, 11) is -4.41. The lowest BCUT2D eigenvalue weighted by molar-refractivity contribution is -0.140. The van der Waals surface area contributed by atoms with Gasteiger partial charge in [0.1, 0.15) is 31.6 Å². The van der Waals surface area contributed by atoms with Gasteiger partial charge >= 0.3 is 0 Å². The number of rotatable bonds is 13. The third kappa shape index (κ3) is 8.51. The van der Waals surface area contributed by atoms with Crippen molar-refractivity contribution in [1.29, 1.82) is 0 Å². The van der Waals surface area contributed by atoms with E-state index < -0.39 is 34.3 Å². The molecule has 1 atom stereocenters. The molecule has 0 aromatic heterocycles. The Morgan fingerprint density at radius 3 is 2.23 bits per heavy atom. The molecule has 1 heterocycles. The summed E-state index contributed by atoms with van der Waals surface area (Å²) in [5.74, 6) is -0.687. The van der Waals surface area contributed by atoms with Crippen LogP contribution in [-0.4, -0.2) is 57.5 Å². The fourth-order valence-electron chi connectivity index (χ4n) is 5.43. The van der Waals surface area contributed by atoms with Crippen LogP contribution in [0.25, 0.3) is 0 Å². The third-order valence-electron chi connectivity index (χ3n) is 7.89. The number of hydrogen-bond donors (Lipinski definition) is 1. The highest BCUT2D eigenvalue weighted by atomic mass is 32.2. The monoisotopic (exact) mass is 673 g/mol. The van der Waals surface area contributed by atoms with Crippen LogP contribution in [0, 0.1) is 18.7 Å². The topological polar surface area (TPSA) is 105 Å². The lowest BCUT2D eigenvalue weighted by atomic mass is 10.0. The number of ether oxygens (including phenoxy) is 2. The maximum atomic E-state index is 14.6. The van der Waals surface area contributed by atoms with E-state index in [0.29, 0.717) is 18.9 Å². The molecule has 0 fully saturated rings. The van der Waals surface area contributed by atoms with Crippen LogP contribution in [0.15, 0.2) is 102 Å². The second-order valence-electron chi connectivity index (χ2n) is 12.1. The predicted molar refractivity (Wildman–Crippen MR) is 182 cm³/mol. The Morgan fingerprint density at radius 2 is 1.54 bits per heavy atom. The van der Waals surface area contributed by atoms with Gasteiger partial charge < -0.3 is 19.7 Å². The smallest absolute Gasteiger partial charge is 0.264 e. The van der Waals surface area contributed by atoms with E-state index in [1.165, 1.54) is 35.2 Å². The highest BCUT2D eigenvalue weighted by molar-refractivity contribution is 7.92. The number of sulfonamides is 1. The molecule has 48 heavy (non-hydrogen) atoms. The average Bonchev–Trinajstić information content (AvgIpc) is 3.08. The molecule has 2 amide bonds. The van der Waals surface area contributed by atoms with Crippen molar-refractivity contribution in [2.24, 2.45) is 5.92 Å². The summed E-state index contributed by atoms with van der Waals surface area (Å²) in [5, 5.41) is 2.98. The fourth-order valence-corrected chi connectivity index (χ4v) is 6.86. The standard InChI is InChI=1S/C37H40FN3O6S/c1-26(2)23-39-37(43)33(21-28-9-5-4-6-10-28)40(24-29-11-7-8-27(3)20-29)36(42)25-41(31-14-12-30(38)13-15-31)48(44,45)32-16-17-34-35(22-32)47-19-18-46-34/h4-17,20,22,26,33H,18-19,21,23-25H2,1-3H3,(H,39,43)/t33-/m0/s1. The second-order valence-corrected chi connectivity index (χ2v) is 14.0. The lowest BCUT2D eigenvalue weighted by Crippen LogP contribution is -2.53. The van der Waals surface area contributed by atoms with E-state index in [1.54, 1.807) is 0 Å². The number of aryl methyl sites for hydroxylation is 1. The summed E-state index contributed by atoms with van der Waals surface area (Å²) in [5.41, 5.74) is 2.67. The minimum atomic E-state index is -4.41. The number of anilines is 1. The van der Waals surface area contributed by atoms with Crippen LogP contribution in [0.4, 0.5) is 10.1 Å². The van der Waals surface area contributed by atoms with Crippen molar-refractivity contribution in [3.05, 3.63) is 120 Å². The molecule has 1 N–H and O–H groups in total. The first-order valence-electron chi connectivity index (χ1n) is 15.9. The van der Waals surface area contributed by atoms with E-state index in [-0.39, 0.29) is 47.7 Å². The average molecular weight is 674 g/mol. The van der Waals surface area contributed by atoms with Crippen molar-refractivity contribution in [1.82, 2.24) is 10.2 Å². The van der Waals surface area contributed by atoms with Crippen LogP contribution in [0.2, 0.25) is 0 Å². The molecule has 0 saturated carbocycles. The van der Waals surface area contributed by atoms with Crippen molar-refractivity contribution < 1.29 is 31.9 Å². The minimum absolute atomic E-state index is 0.0500. The first-order valence-corrected chi connectivity index (χ1v) is 17.3. The molecule has 252 valence electrons. The summed E-state index contributed by atoms with van der Waals surface area (Å²) in [6.45, 7) is 6.27. The quantitative estimate of drug-likeness (QED) is 0.201. The highest BCUT2D eigenvalue weighted by Gasteiger charge is 2.35. The van der Waals surface area contributed by atoms with Gasteiger partial charge in [-0.3, -0.25) is 13.9 Å². The van der Waals surface area contributed by atoms with Gasteiger partial charge in [0.2, 0.25) is 11.8 Å². The number of halogens is 1. The largest absolute Gasteiger partial charge is 0.486 e. The summed E-state index contributed by atoms with van der Waals surface area (Å²) in [6, 6.07) is 25.1. The molecule has 9 nitrogen and oxygen atoms in total. The summed E-state index contributed by atoms with van der Waals surface area (Å²) in [4.78, 5) is 29.8. The van der Waals surface area contributed by atoms with E-state index >= 15 is 0 Å². The Bertz CT molecular complexity index is 1830. The summed E-state index contributed by atoms with van der Waals surface area (Å²) < 4.78 is 54.8. The van der Waals surface area contributed by atoms with Crippen LogP contribution < -0.4 is 19.1 Å². The number of nitrogens with zero attached hydrogens (tertiary/aromatic N) is 2. The number of benzene rings is 4. The first-order chi connectivity index (χ1) is 23.0. The van der Waals surface area contributed by atoms with Gasteiger partial charge in [-0.2, -0.15) is 0 Å². The minimum Gasteiger partial charge on any atom is -0.486 e. The van der Waals surface area contributed by atoms with Gasteiger partial charge in [-0.05, 0) is 60.4 Å². The van der Waals surface area contributed by atoms with Crippen molar-refractivity contribution >= 4 is 27.5 Å². The molecule has 0 radical (unpaired) electrons. The molecule has 11 heteroatoms. The molecule has 0 aliphatic carbocycles. The molecule has 0 unspecified atom stereocenters. The number of carbonyl (C=O) groups is 2. The number of hydrogen-bond acceptors (Lipinski definition) is 6. The normalized spacial score (nSPS) is 13.1. The summed E-state index contributed by atoms with van der Waals surface area (Å²) >= 11 is 0. The molecular formula is C37H40FN3O6S. The van der Waals surface area contributed by atoms with Crippen LogP contribution >= 0.6 is 0 Å². The molecule has 0 spiro atoms. The number of nitrogens with one attached hydrogen (secondary N) is 1. The van der Waals surface area contributed by atoms with E-state index in [2.05, 4.69) is 5.32 Å². The Hall–Kier alpha value is -4.90. The molecule has 0 bridgehead atoms. The van der Waals surface area contributed by atoms with Gasteiger partial charge in [0.15, 0.2) is 11.5 Å². The molecule has 1 aliphatic rings. The van der Waals surface area contributed by atoms with Gasteiger partial charge in [-0.1, -0.05) is 74.0 Å². The zero-order valence-electron chi connectivity index (χ0n) is 27.3. The number of amides is 2. The van der Waals surface area contributed by atoms with Gasteiger partial charge in [-0.15, -0.1) is 0 Å². The first kappa shape index (κ1) is 34.4. The van der Waals surface area contributed by atoms with Crippen molar-refractivity contribution in [2.75, 3.05) is 30.6 Å². The van der Waals surface area contributed by atoms with Crippen molar-refractivity contribution in [3.8, 4) is 11.5 Å². The fraction of sp³-hybridized carbons (Fsp3) is 0.297. The Morgan fingerprint density at radius 1 is 0.854 bits per heavy atom. The molecule has 4 aromatic carbocycles. The maximum Gasteiger partial charge on any atom is 0.264 e. The van der Waals surface area contributed by atoms with E-state index in [0.717, 1.165) is 33.1 Å². The SMILES string of the molecule is Cc1cccc(CN(C(=O)CN(c2ccc(F)cc2)S(=O)(=O)c2ccc3c(c2)OCCO3)[C@@H](Cc2ccccc2)C(=O)NCC(C)C)c1. The zero-order valence-corrected chi connectivity index (χ0v) is 28.1. The number of fused-ring (bicyclic) bond motifs is 1. The second kappa shape index (κ2) is 15.3. The van der Waals surface area contributed by atoms with Gasteiger partial charge in [0, 0.05) is 25.6 Å². The van der Waals surface area contributed by atoms with Crippen LogP contribution in [0.1, 0.15) is 30.5 Å². The zero-order chi connectivity index (χ0) is 34.3. The van der Waals surface area contributed by atoms with Gasteiger partial charge in [0.05, 0.1) is 10.6 Å². The third-order valence-corrected chi connectivity index (χ3v) is 9.66. The highest BCUT2D eigenvalue weighted by Crippen LogP contribution is 2.34. The van der Waals surface area contributed by atoms with Gasteiger partial charge in [-0.25, -0.2) is 12.8 Å². The van der Waals surface area contributed by atoms with Gasteiger partial charge in [0.25, 0.3) is 10.0 Å². The van der Waals surface area contributed by atoms with Crippen molar-refractivity contribution in [2.45, 2.75) is 44.7 Å². The maximum absolute atomic E-state index is 14.6. The molecule has 1 aliphatic heterocycles. The van der Waals surface area contributed by atoms with Crippen LogP contribution in [-0.2, 0) is 32.6 Å². The van der Waals surface area contributed by atoms with Crippen LogP contribution in [0.3, 0.4) is 0 Å². The van der Waals surface area contributed by atoms with E-state index in [4.69, 9.17) is 9.47 Å². The van der Waals surface area contributed by atoms with Crippen LogP contribution in [0.5, 0.6) is 11.5 Å². The Kier molecular flexibility index (Phi) is 11.0.